The Hall–Kier alpha value is -5.52. The molecule has 49 heavy (non-hydrogen) atoms. The first-order valence-corrected chi connectivity index (χ1v) is 15.8. The first-order valence-electron chi connectivity index (χ1n) is 15.8. The summed E-state index contributed by atoms with van der Waals surface area (Å²) >= 11 is 0. The fourth-order valence-electron chi connectivity index (χ4n) is 4.15. The van der Waals surface area contributed by atoms with Gasteiger partial charge in [-0.15, -0.1) is 0 Å². The van der Waals surface area contributed by atoms with Gasteiger partial charge in [0.25, 0.3) is 0 Å². The van der Waals surface area contributed by atoms with Gasteiger partial charge in [0.05, 0.1) is 22.3 Å². The van der Waals surface area contributed by atoms with Crippen LogP contribution in [0.15, 0.2) is 84.9 Å². The van der Waals surface area contributed by atoms with E-state index in [0.29, 0.717) is 24.0 Å². The van der Waals surface area contributed by atoms with Gasteiger partial charge in [-0.3, -0.25) is 9.59 Å². The minimum Gasteiger partial charge on any atom is -0.462 e. The molecule has 0 fully saturated rings. The van der Waals surface area contributed by atoms with E-state index in [2.05, 4.69) is 0 Å². The van der Waals surface area contributed by atoms with Crippen LogP contribution in [0.1, 0.15) is 87.9 Å². The Bertz CT molecular complexity index is 1540. The van der Waals surface area contributed by atoms with Crippen LogP contribution in [-0.2, 0) is 38.0 Å². The maximum absolute atomic E-state index is 12.5. The normalized spacial score (nSPS) is 12.4. The van der Waals surface area contributed by atoms with Crippen molar-refractivity contribution in [3.63, 3.8) is 0 Å². The van der Waals surface area contributed by atoms with Gasteiger partial charge in [0.15, 0.2) is 0 Å². The first-order chi connectivity index (χ1) is 23.5. The van der Waals surface area contributed by atoms with Crippen molar-refractivity contribution in [3.8, 4) is 0 Å². The summed E-state index contributed by atoms with van der Waals surface area (Å²) in [6, 6.07) is 22.5. The number of benzene rings is 3. The highest BCUT2D eigenvalue weighted by Crippen LogP contribution is 2.12. The fourth-order valence-corrected chi connectivity index (χ4v) is 4.15. The van der Waals surface area contributed by atoms with Crippen LogP contribution in [0.4, 0.5) is 0 Å². The summed E-state index contributed by atoms with van der Waals surface area (Å²) in [4.78, 5) is 73.2. The molecule has 0 bridgehead atoms. The average Bonchev–Trinajstić information content (AvgIpc) is 3.11. The molecule has 0 aliphatic rings. The van der Waals surface area contributed by atoms with Crippen molar-refractivity contribution < 1.29 is 57.2 Å². The Balaban J connectivity index is 1.26. The molecule has 0 amide bonds. The Morgan fingerprint density at radius 1 is 0.429 bits per heavy atom. The van der Waals surface area contributed by atoms with Crippen molar-refractivity contribution in [2.24, 2.45) is 0 Å². The third-order valence-corrected chi connectivity index (χ3v) is 6.71. The lowest BCUT2D eigenvalue weighted by molar-refractivity contribution is -0.151. The largest absolute Gasteiger partial charge is 0.462 e. The van der Waals surface area contributed by atoms with Gasteiger partial charge >= 0.3 is 35.8 Å². The second kappa shape index (κ2) is 20.0. The molecule has 3 unspecified atom stereocenters. The summed E-state index contributed by atoms with van der Waals surface area (Å²) in [7, 11) is 0. The molecule has 0 aliphatic carbocycles. The van der Waals surface area contributed by atoms with Crippen LogP contribution in [0.5, 0.6) is 0 Å². The highest BCUT2D eigenvalue weighted by Gasteiger charge is 2.18. The van der Waals surface area contributed by atoms with E-state index in [4.69, 9.17) is 28.4 Å². The van der Waals surface area contributed by atoms with E-state index in [9.17, 15) is 28.8 Å². The summed E-state index contributed by atoms with van der Waals surface area (Å²) in [5.74, 6) is -3.35. The third kappa shape index (κ3) is 14.0. The highest BCUT2D eigenvalue weighted by molar-refractivity contribution is 5.93. The number of ether oxygens (including phenoxy) is 6. The molecular weight excluding hydrogens is 636 g/mol. The second-order valence-corrected chi connectivity index (χ2v) is 11.1. The van der Waals surface area contributed by atoms with Crippen molar-refractivity contribution in [2.45, 2.75) is 64.8 Å². The standard InChI is InChI=1S/C37H40O12/c1-25(47-33(39)17-11-10-16-32(38)44-22-26(2)48-36(42)29-14-8-5-9-15-29)23-45-35(41)30-18-20-31(21-19-30)37(43)49-27(3)24-46-34(40)28-12-6-4-7-13-28/h4-9,12-15,18-21,25-27H,10-11,16-17,22-24H2,1-3H3. The van der Waals surface area contributed by atoms with Crippen LogP contribution >= 0.6 is 0 Å². The van der Waals surface area contributed by atoms with Gasteiger partial charge in [-0.05, 0) is 82.1 Å². The molecule has 3 aromatic carbocycles. The lowest BCUT2D eigenvalue weighted by Crippen LogP contribution is -2.23. The molecule has 0 radical (unpaired) electrons. The molecule has 3 atom stereocenters. The minimum absolute atomic E-state index is 0.0578. The topological polar surface area (TPSA) is 158 Å². The molecule has 12 nitrogen and oxygen atoms in total. The molecule has 0 spiro atoms. The third-order valence-electron chi connectivity index (χ3n) is 6.71. The summed E-state index contributed by atoms with van der Waals surface area (Å²) in [5, 5.41) is 0. The van der Waals surface area contributed by atoms with E-state index < -0.39 is 54.1 Å². The number of carbonyl (C=O) groups is 6. The second-order valence-electron chi connectivity index (χ2n) is 11.1. The van der Waals surface area contributed by atoms with Crippen LogP contribution in [0, 0.1) is 0 Å². The Morgan fingerprint density at radius 3 is 1.24 bits per heavy atom. The molecule has 0 saturated heterocycles. The summed E-state index contributed by atoms with van der Waals surface area (Å²) < 4.78 is 31.4. The zero-order valence-corrected chi connectivity index (χ0v) is 27.7. The van der Waals surface area contributed by atoms with Gasteiger partial charge < -0.3 is 28.4 Å². The van der Waals surface area contributed by atoms with E-state index in [-0.39, 0.29) is 43.8 Å². The molecule has 0 heterocycles. The van der Waals surface area contributed by atoms with E-state index in [1.807, 2.05) is 0 Å². The summed E-state index contributed by atoms with van der Waals surface area (Å²) in [6.45, 7) is 4.39. The quantitative estimate of drug-likeness (QED) is 0.0944. The number of esters is 6. The number of rotatable bonds is 18. The highest BCUT2D eigenvalue weighted by atomic mass is 16.6. The molecular formula is C37H40O12. The molecule has 0 aliphatic heterocycles. The predicted octanol–water partition coefficient (Wildman–Crippen LogP) is 5.53. The first kappa shape index (κ1) is 37.9. The lowest BCUT2D eigenvalue weighted by atomic mass is 10.1. The SMILES string of the molecule is CC(COC(=O)c1ccc(C(=O)OC(C)COC(=O)c2ccccc2)cc1)OC(=O)CCCCC(=O)OCC(C)OC(=O)c1ccccc1. The van der Waals surface area contributed by atoms with Gasteiger partial charge in [-0.1, -0.05) is 36.4 Å². The molecule has 12 heteroatoms. The number of unbranched alkanes of at least 4 members (excludes halogenated alkanes) is 1. The molecule has 3 rings (SSSR count). The van der Waals surface area contributed by atoms with Crippen molar-refractivity contribution in [1.82, 2.24) is 0 Å². The van der Waals surface area contributed by atoms with E-state index >= 15 is 0 Å². The Labute approximate surface area is 284 Å². The minimum atomic E-state index is -0.715. The van der Waals surface area contributed by atoms with Gasteiger partial charge in [0.1, 0.15) is 38.1 Å². The van der Waals surface area contributed by atoms with Crippen LogP contribution in [0.3, 0.4) is 0 Å². The Kier molecular flexibility index (Phi) is 15.5. The van der Waals surface area contributed by atoms with E-state index in [1.165, 1.54) is 24.3 Å². The number of carbonyl (C=O) groups excluding carboxylic acids is 6. The summed E-state index contributed by atoms with van der Waals surface area (Å²) in [5.41, 5.74) is 1.15. The van der Waals surface area contributed by atoms with Gasteiger partial charge in [-0.25, -0.2) is 19.2 Å². The van der Waals surface area contributed by atoms with Crippen molar-refractivity contribution in [1.29, 1.82) is 0 Å². The smallest absolute Gasteiger partial charge is 0.338 e. The predicted molar refractivity (Wildman–Crippen MR) is 175 cm³/mol. The van der Waals surface area contributed by atoms with Crippen LogP contribution in [-0.4, -0.2) is 73.9 Å². The van der Waals surface area contributed by atoms with Gasteiger partial charge in [-0.2, -0.15) is 0 Å². The summed E-state index contributed by atoms with van der Waals surface area (Å²) in [6.07, 6.45) is -1.13. The van der Waals surface area contributed by atoms with Crippen LogP contribution < -0.4 is 0 Å². The zero-order valence-electron chi connectivity index (χ0n) is 27.7. The molecule has 0 saturated carbocycles. The van der Waals surface area contributed by atoms with E-state index in [1.54, 1.807) is 81.4 Å². The maximum Gasteiger partial charge on any atom is 0.338 e. The molecule has 0 aromatic heterocycles. The maximum atomic E-state index is 12.5. The fraction of sp³-hybridized carbons (Fsp3) is 0.351. The molecule has 3 aromatic rings. The monoisotopic (exact) mass is 676 g/mol. The number of hydrogen-bond donors (Lipinski definition) is 0. The zero-order chi connectivity index (χ0) is 35.6. The van der Waals surface area contributed by atoms with Crippen molar-refractivity contribution >= 4 is 35.8 Å². The van der Waals surface area contributed by atoms with Crippen LogP contribution in [0.25, 0.3) is 0 Å². The number of hydrogen-bond acceptors (Lipinski definition) is 12. The molecule has 0 N–H and O–H groups in total. The van der Waals surface area contributed by atoms with Crippen molar-refractivity contribution in [2.75, 3.05) is 19.8 Å². The van der Waals surface area contributed by atoms with Crippen LogP contribution in [0.2, 0.25) is 0 Å². The van der Waals surface area contributed by atoms with Gasteiger partial charge in [0.2, 0.25) is 0 Å². The lowest BCUT2D eigenvalue weighted by Gasteiger charge is -2.15. The average molecular weight is 677 g/mol. The van der Waals surface area contributed by atoms with Crippen molar-refractivity contribution in [3.05, 3.63) is 107 Å². The van der Waals surface area contributed by atoms with Gasteiger partial charge in [0, 0.05) is 12.8 Å². The molecule has 260 valence electrons. The van der Waals surface area contributed by atoms with E-state index in [0.717, 1.165) is 0 Å². The Morgan fingerprint density at radius 2 is 0.776 bits per heavy atom.